The Hall–Kier alpha value is -1.37. The number of carboxylic acids is 1. The van der Waals surface area contributed by atoms with Crippen molar-refractivity contribution >= 4 is 23.4 Å². The molecule has 2 heterocycles. The smallest absolute Gasteiger partial charge is 0.337 e. The van der Waals surface area contributed by atoms with Crippen molar-refractivity contribution in [2.24, 2.45) is 0 Å². The summed E-state index contributed by atoms with van der Waals surface area (Å²) in [6.07, 6.45) is 3.13. The van der Waals surface area contributed by atoms with Gasteiger partial charge >= 0.3 is 5.97 Å². The van der Waals surface area contributed by atoms with Gasteiger partial charge in [-0.2, -0.15) is 0 Å². The average molecular weight is 301 g/mol. The Bertz CT molecular complexity index is 475. The minimum absolute atomic E-state index is 0.0320. The second-order valence-corrected chi connectivity index (χ2v) is 5.02. The summed E-state index contributed by atoms with van der Waals surface area (Å²) in [5.41, 5.74) is 0.0833. The van der Waals surface area contributed by atoms with E-state index in [1.165, 1.54) is 12.3 Å². The lowest BCUT2D eigenvalue weighted by molar-refractivity contribution is 0.0158. The third-order valence-corrected chi connectivity index (χ3v) is 3.53. The van der Waals surface area contributed by atoms with Gasteiger partial charge in [0.2, 0.25) is 0 Å². The molecule has 0 aromatic carbocycles. The molecule has 110 valence electrons. The summed E-state index contributed by atoms with van der Waals surface area (Å²) in [5.74, 6) is -0.431. The van der Waals surface area contributed by atoms with Crippen molar-refractivity contribution in [1.82, 2.24) is 4.98 Å². The van der Waals surface area contributed by atoms with Crippen LogP contribution in [0.25, 0.3) is 0 Å². The number of pyridine rings is 1. The Kier molecular flexibility index (Phi) is 5.17. The fourth-order valence-corrected chi connectivity index (χ4v) is 2.52. The minimum atomic E-state index is -1.04. The molecule has 1 saturated heterocycles. The largest absolute Gasteiger partial charge is 0.478 e. The number of carbonyl (C=O) groups is 1. The molecule has 0 amide bonds. The Morgan fingerprint density at radius 3 is 2.75 bits per heavy atom. The van der Waals surface area contributed by atoms with Crippen LogP contribution < -0.4 is 4.90 Å². The van der Waals surface area contributed by atoms with Crippen molar-refractivity contribution in [2.75, 3.05) is 31.2 Å². The zero-order valence-corrected chi connectivity index (χ0v) is 11.7. The minimum Gasteiger partial charge on any atom is -0.478 e. The molecule has 7 heteroatoms. The molecule has 0 radical (unpaired) electrons. The van der Waals surface area contributed by atoms with Crippen molar-refractivity contribution in [1.29, 1.82) is 0 Å². The first-order valence-electron chi connectivity index (χ1n) is 6.48. The van der Waals surface area contributed by atoms with Gasteiger partial charge in [0, 0.05) is 19.3 Å². The summed E-state index contributed by atoms with van der Waals surface area (Å²) in [6.45, 7) is 1.88. The zero-order valence-electron chi connectivity index (χ0n) is 11.0. The van der Waals surface area contributed by atoms with E-state index in [9.17, 15) is 4.79 Å². The summed E-state index contributed by atoms with van der Waals surface area (Å²) in [4.78, 5) is 17.0. The number of piperidine rings is 1. The summed E-state index contributed by atoms with van der Waals surface area (Å²) in [5, 5.41) is 17.9. The molecule has 0 atom stereocenters. The maximum Gasteiger partial charge on any atom is 0.337 e. The average Bonchev–Trinajstić information content (AvgIpc) is 2.45. The molecule has 6 nitrogen and oxygen atoms in total. The van der Waals surface area contributed by atoms with Crippen LogP contribution in [0.15, 0.2) is 12.3 Å². The third kappa shape index (κ3) is 3.59. The molecule has 2 rings (SSSR count). The van der Waals surface area contributed by atoms with E-state index in [2.05, 4.69) is 4.98 Å². The lowest BCUT2D eigenvalue weighted by Crippen LogP contribution is -2.38. The first-order chi connectivity index (χ1) is 9.61. The molecule has 1 fully saturated rings. The maximum absolute atomic E-state index is 10.8. The third-order valence-electron chi connectivity index (χ3n) is 3.26. The molecule has 1 aromatic heterocycles. The van der Waals surface area contributed by atoms with E-state index in [1.54, 1.807) is 0 Å². The van der Waals surface area contributed by atoms with Crippen molar-refractivity contribution in [3.05, 3.63) is 22.8 Å². The molecule has 0 aliphatic carbocycles. The Morgan fingerprint density at radius 2 is 2.20 bits per heavy atom. The number of hydrogen-bond donors (Lipinski definition) is 2. The van der Waals surface area contributed by atoms with Crippen molar-refractivity contribution in [2.45, 2.75) is 18.9 Å². The summed E-state index contributed by atoms with van der Waals surface area (Å²) >= 11 is 6.09. The number of ether oxygens (including phenoxy) is 1. The number of aliphatic hydroxyl groups excluding tert-OH is 1. The Balaban J connectivity index is 1.98. The highest BCUT2D eigenvalue weighted by atomic mass is 35.5. The number of aliphatic hydroxyl groups is 1. The lowest BCUT2D eigenvalue weighted by atomic mass is 10.1. The van der Waals surface area contributed by atoms with Crippen LogP contribution in [0.1, 0.15) is 23.2 Å². The number of rotatable bonds is 5. The molecule has 1 aliphatic rings. The first-order valence-corrected chi connectivity index (χ1v) is 6.86. The molecule has 0 bridgehead atoms. The number of aromatic carboxylic acids is 1. The van der Waals surface area contributed by atoms with E-state index in [4.69, 9.17) is 26.6 Å². The van der Waals surface area contributed by atoms with Gasteiger partial charge in [0.15, 0.2) is 0 Å². The molecule has 1 aromatic rings. The molecule has 0 unspecified atom stereocenters. The number of anilines is 1. The first kappa shape index (κ1) is 15.0. The van der Waals surface area contributed by atoms with Gasteiger partial charge in [0.05, 0.1) is 29.9 Å². The molecule has 1 aliphatic heterocycles. The van der Waals surface area contributed by atoms with Gasteiger partial charge in [0.1, 0.15) is 5.82 Å². The standard InChI is InChI=1S/C13H17ClN2O4/c14-11-7-9(13(18)19)8-15-12(11)16-3-1-10(2-4-16)20-6-5-17/h7-8,10,17H,1-6H2,(H,18,19). The Labute approximate surface area is 121 Å². The van der Waals surface area contributed by atoms with Gasteiger partial charge in [-0.15, -0.1) is 0 Å². The van der Waals surface area contributed by atoms with Gasteiger partial charge in [0.25, 0.3) is 0 Å². The van der Waals surface area contributed by atoms with E-state index in [-0.39, 0.29) is 18.3 Å². The predicted octanol–water partition coefficient (Wildman–Crippen LogP) is 1.41. The molecule has 2 N–H and O–H groups in total. The van der Waals surface area contributed by atoms with Crippen LogP contribution in [-0.2, 0) is 4.74 Å². The number of halogens is 1. The van der Waals surface area contributed by atoms with Gasteiger partial charge in [-0.25, -0.2) is 9.78 Å². The summed E-state index contributed by atoms with van der Waals surface area (Å²) in [7, 11) is 0. The van der Waals surface area contributed by atoms with Gasteiger partial charge in [-0.1, -0.05) is 11.6 Å². The SMILES string of the molecule is O=C(O)c1cnc(N2CCC(OCCO)CC2)c(Cl)c1. The van der Waals surface area contributed by atoms with E-state index in [1.807, 2.05) is 4.90 Å². The summed E-state index contributed by atoms with van der Waals surface area (Å²) < 4.78 is 5.49. The van der Waals surface area contributed by atoms with E-state index in [0.717, 1.165) is 25.9 Å². The highest BCUT2D eigenvalue weighted by molar-refractivity contribution is 6.33. The van der Waals surface area contributed by atoms with Crippen LogP contribution in [-0.4, -0.2) is 53.6 Å². The Morgan fingerprint density at radius 1 is 1.50 bits per heavy atom. The van der Waals surface area contributed by atoms with Crippen LogP contribution in [0.2, 0.25) is 5.02 Å². The summed E-state index contributed by atoms with van der Waals surface area (Å²) in [6, 6.07) is 1.42. The topological polar surface area (TPSA) is 82.9 Å². The van der Waals surface area contributed by atoms with Crippen molar-refractivity contribution in [3.63, 3.8) is 0 Å². The number of carboxylic acid groups (broad SMARTS) is 1. The lowest BCUT2D eigenvalue weighted by Gasteiger charge is -2.33. The number of hydrogen-bond acceptors (Lipinski definition) is 5. The number of aromatic nitrogens is 1. The van der Waals surface area contributed by atoms with Crippen LogP contribution in [0.3, 0.4) is 0 Å². The number of nitrogens with zero attached hydrogens (tertiary/aromatic N) is 2. The molecular weight excluding hydrogens is 284 g/mol. The monoisotopic (exact) mass is 300 g/mol. The predicted molar refractivity (Wildman–Crippen MR) is 74.5 cm³/mol. The van der Waals surface area contributed by atoms with Gasteiger partial charge < -0.3 is 19.8 Å². The van der Waals surface area contributed by atoms with Gasteiger partial charge in [-0.3, -0.25) is 0 Å². The molecular formula is C13H17ClN2O4. The van der Waals surface area contributed by atoms with E-state index in [0.29, 0.717) is 17.4 Å². The van der Waals surface area contributed by atoms with Crippen LogP contribution >= 0.6 is 11.6 Å². The second-order valence-electron chi connectivity index (χ2n) is 4.62. The van der Waals surface area contributed by atoms with Crippen LogP contribution in [0.5, 0.6) is 0 Å². The van der Waals surface area contributed by atoms with Gasteiger partial charge in [-0.05, 0) is 18.9 Å². The fraction of sp³-hybridized carbons (Fsp3) is 0.538. The maximum atomic E-state index is 10.8. The van der Waals surface area contributed by atoms with Crippen LogP contribution in [0.4, 0.5) is 5.82 Å². The van der Waals surface area contributed by atoms with E-state index >= 15 is 0 Å². The van der Waals surface area contributed by atoms with Crippen molar-refractivity contribution < 1.29 is 19.7 Å². The normalized spacial score (nSPS) is 16.4. The van der Waals surface area contributed by atoms with Crippen molar-refractivity contribution in [3.8, 4) is 0 Å². The highest BCUT2D eigenvalue weighted by Crippen LogP contribution is 2.27. The zero-order chi connectivity index (χ0) is 14.5. The quantitative estimate of drug-likeness (QED) is 0.855. The molecule has 0 spiro atoms. The fourth-order valence-electron chi connectivity index (χ4n) is 2.23. The van der Waals surface area contributed by atoms with Crippen LogP contribution in [0, 0.1) is 0 Å². The highest BCUT2D eigenvalue weighted by Gasteiger charge is 2.22. The molecule has 20 heavy (non-hydrogen) atoms. The molecule has 0 saturated carbocycles. The van der Waals surface area contributed by atoms with E-state index < -0.39 is 5.97 Å². The second kappa shape index (κ2) is 6.88.